The predicted octanol–water partition coefficient (Wildman–Crippen LogP) is 2.15. The molecule has 0 aliphatic heterocycles. The SMILES string of the molecule is O=[N+]([O-])c1ccc(OCc2nnnn2-c2ccccc2)cc1. The topological polar surface area (TPSA) is 96.0 Å². The molecule has 0 fully saturated rings. The number of nitro benzene ring substituents is 1. The van der Waals surface area contributed by atoms with E-state index in [0.717, 1.165) is 5.69 Å². The number of hydrogen-bond donors (Lipinski definition) is 0. The molecule has 0 unspecified atom stereocenters. The zero-order chi connectivity index (χ0) is 15.4. The molecule has 0 N–H and O–H groups in total. The van der Waals surface area contributed by atoms with E-state index in [1.165, 1.54) is 24.3 Å². The monoisotopic (exact) mass is 297 g/mol. The summed E-state index contributed by atoms with van der Waals surface area (Å²) < 4.78 is 7.14. The first kappa shape index (κ1) is 13.7. The number of tetrazole rings is 1. The number of nitrogens with zero attached hydrogens (tertiary/aromatic N) is 5. The summed E-state index contributed by atoms with van der Waals surface area (Å²) in [6, 6.07) is 15.3. The van der Waals surface area contributed by atoms with Gasteiger partial charge in [0.15, 0.2) is 5.82 Å². The molecule has 110 valence electrons. The fourth-order valence-corrected chi connectivity index (χ4v) is 1.88. The standard InChI is InChI=1S/C14H11N5O3/c20-19(21)12-6-8-13(9-7-12)22-10-14-15-16-17-18(14)11-4-2-1-3-5-11/h1-9H,10H2. The maximum atomic E-state index is 10.6. The van der Waals surface area contributed by atoms with Gasteiger partial charge < -0.3 is 4.74 Å². The van der Waals surface area contributed by atoms with Crippen LogP contribution in [0.3, 0.4) is 0 Å². The van der Waals surface area contributed by atoms with Crippen molar-refractivity contribution in [1.29, 1.82) is 0 Å². The number of non-ortho nitro benzene ring substituents is 1. The van der Waals surface area contributed by atoms with Gasteiger partial charge in [-0.15, -0.1) is 5.10 Å². The molecule has 0 aliphatic rings. The van der Waals surface area contributed by atoms with E-state index in [4.69, 9.17) is 4.74 Å². The van der Waals surface area contributed by atoms with Crippen molar-refractivity contribution in [3.05, 3.63) is 70.5 Å². The highest BCUT2D eigenvalue weighted by Gasteiger charge is 2.09. The van der Waals surface area contributed by atoms with E-state index in [-0.39, 0.29) is 12.3 Å². The molecule has 0 amide bonds. The molecule has 1 heterocycles. The maximum Gasteiger partial charge on any atom is 0.269 e. The molecule has 8 nitrogen and oxygen atoms in total. The van der Waals surface area contributed by atoms with Gasteiger partial charge in [-0.05, 0) is 34.7 Å². The van der Waals surface area contributed by atoms with Crippen molar-refractivity contribution in [3.63, 3.8) is 0 Å². The van der Waals surface area contributed by atoms with Crippen molar-refractivity contribution >= 4 is 5.69 Å². The average molecular weight is 297 g/mol. The van der Waals surface area contributed by atoms with Crippen molar-refractivity contribution in [3.8, 4) is 11.4 Å². The number of rotatable bonds is 5. The van der Waals surface area contributed by atoms with Gasteiger partial charge in [0.25, 0.3) is 5.69 Å². The van der Waals surface area contributed by atoms with Crippen molar-refractivity contribution < 1.29 is 9.66 Å². The Bertz CT molecular complexity index is 771. The van der Waals surface area contributed by atoms with E-state index >= 15 is 0 Å². The molecule has 3 rings (SSSR count). The van der Waals surface area contributed by atoms with E-state index < -0.39 is 4.92 Å². The van der Waals surface area contributed by atoms with Crippen molar-refractivity contribution in [2.45, 2.75) is 6.61 Å². The summed E-state index contributed by atoms with van der Waals surface area (Å²) in [6.45, 7) is 0.152. The van der Waals surface area contributed by atoms with Gasteiger partial charge in [-0.3, -0.25) is 10.1 Å². The van der Waals surface area contributed by atoms with Crippen LogP contribution < -0.4 is 4.74 Å². The van der Waals surface area contributed by atoms with Crippen LogP contribution in [0.4, 0.5) is 5.69 Å². The lowest BCUT2D eigenvalue weighted by Gasteiger charge is -2.06. The fourth-order valence-electron chi connectivity index (χ4n) is 1.88. The minimum Gasteiger partial charge on any atom is -0.486 e. The number of benzene rings is 2. The van der Waals surface area contributed by atoms with E-state index in [2.05, 4.69) is 15.5 Å². The quantitative estimate of drug-likeness (QED) is 0.529. The molecule has 0 saturated heterocycles. The van der Waals surface area contributed by atoms with Crippen LogP contribution in [0.1, 0.15) is 5.82 Å². The summed E-state index contributed by atoms with van der Waals surface area (Å²) >= 11 is 0. The summed E-state index contributed by atoms with van der Waals surface area (Å²) in [5, 5.41) is 22.1. The van der Waals surface area contributed by atoms with Gasteiger partial charge >= 0.3 is 0 Å². The van der Waals surface area contributed by atoms with Crippen LogP contribution in [0.2, 0.25) is 0 Å². The second-order valence-electron chi connectivity index (χ2n) is 4.38. The van der Waals surface area contributed by atoms with Crippen LogP contribution in [0.15, 0.2) is 54.6 Å². The summed E-state index contributed by atoms with van der Waals surface area (Å²) in [7, 11) is 0. The zero-order valence-electron chi connectivity index (χ0n) is 11.4. The van der Waals surface area contributed by atoms with Gasteiger partial charge in [0.2, 0.25) is 0 Å². The van der Waals surface area contributed by atoms with E-state index in [0.29, 0.717) is 11.6 Å². The first-order chi connectivity index (χ1) is 10.7. The fraction of sp³-hybridized carbons (Fsp3) is 0.0714. The second kappa shape index (κ2) is 6.00. The number of nitro groups is 1. The average Bonchev–Trinajstić information content (AvgIpc) is 3.02. The van der Waals surface area contributed by atoms with Crippen LogP contribution in [0.25, 0.3) is 5.69 Å². The van der Waals surface area contributed by atoms with Crippen molar-refractivity contribution in [1.82, 2.24) is 20.2 Å². The Labute approximate surface area is 125 Å². The molecule has 8 heteroatoms. The van der Waals surface area contributed by atoms with Crippen molar-refractivity contribution in [2.75, 3.05) is 0 Å². The van der Waals surface area contributed by atoms with Gasteiger partial charge in [0.1, 0.15) is 12.4 Å². The molecule has 0 atom stereocenters. The Morgan fingerprint density at radius 1 is 1.09 bits per heavy atom. The Morgan fingerprint density at radius 2 is 1.82 bits per heavy atom. The summed E-state index contributed by atoms with van der Waals surface area (Å²) in [4.78, 5) is 10.1. The molecule has 0 radical (unpaired) electrons. The Hall–Kier alpha value is -3.29. The molecule has 0 aliphatic carbocycles. The molecule has 22 heavy (non-hydrogen) atoms. The van der Waals surface area contributed by atoms with Gasteiger partial charge in [-0.25, -0.2) is 0 Å². The zero-order valence-corrected chi connectivity index (χ0v) is 11.4. The van der Waals surface area contributed by atoms with Gasteiger partial charge in [-0.2, -0.15) is 4.68 Å². The second-order valence-corrected chi connectivity index (χ2v) is 4.38. The van der Waals surface area contributed by atoms with Crippen LogP contribution in [0.5, 0.6) is 5.75 Å². The number of aromatic nitrogens is 4. The molecule has 1 aromatic heterocycles. The molecule has 2 aromatic carbocycles. The number of hydrogen-bond acceptors (Lipinski definition) is 6. The van der Waals surface area contributed by atoms with Crippen LogP contribution in [-0.2, 0) is 6.61 Å². The third kappa shape index (κ3) is 2.90. The Balaban J connectivity index is 1.72. The summed E-state index contributed by atoms with van der Waals surface area (Å²) in [5.41, 5.74) is 0.844. The lowest BCUT2D eigenvalue weighted by Crippen LogP contribution is -2.06. The minimum absolute atomic E-state index is 0.0152. The Morgan fingerprint density at radius 3 is 2.50 bits per heavy atom. The number of ether oxygens (including phenoxy) is 1. The lowest BCUT2D eigenvalue weighted by atomic mass is 10.3. The van der Waals surface area contributed by atoms with Crippen LogP contribution >= 0.6 is 0 Å². The minimum atomic E-state index is -0.459. The smallest absolute Gasteiger partial charge is 0.269 e. The predicted molar refractivity (Wildman–Crippen MR) is 76.6 cm³/mol. The van der Waals surface area contributed by atoms with E-state index in [9.17, 15) is 10.1 Å². The Kier molecular flexibility index (Phi) is 3.73. The number of para-hydroxylation sites is 1. The first-order valence-corrected chi connectivity index (χ1v) is 6.44. The van der Waals surface area contributed by atoms with Gasteiger partial charge in [-0.1, -0.05) is 18.2 Å². The van der Waals surface area contributed by atoms with Gasteiger partial charge in [0, 0.05) is 12.1 Å². The highest BCUT2D eigenvalue weighted by atomic mass is 16.6. The summed E-state index contributed by atoms with van der Waals surface area (Å²) in [6.07, 6.45) is 0. The first-order valence-electron chi connectivity index (χ1n) is 6.44. The molecular weight excluding hydrogens is 286 g/mol. The van der Waals surface area contributed by atoms with Crippen molar-refractivity contribution in [2.24, 2.45) is 0 Å². The molecule has 0 saturated carbocycles. The van der Waals surface area contributed by atoms with E-state index in [1.54, 1.807) is 4.68 Å². The van der Waals surface area contributed by atoms with Crippen LogP contribution in [-0.4, -0.2) is 25.1 Å². The summed E-state index contributed by atoms with van der Waals surface area (Å²) in [5.74, 6) is 1.04. The molecule has 0 spiro atoms. The molecule has 0 bridgehead atoms. The highest BCUT2D eigenvalue weighted by molar-refractivity contribution is 5.36. The van der Waals surface area contributed by atoms with E-state index in [1.807, 2.05) is 30.3 Å². The van der Waals surface area contributed by atoms with Gasteiger partial charge in [0.05, 0.1) is 10.6 Å². The van der Waals surface area contributed by atoms with Crippen LogP contribution in [0, 0.1) is 10.1 Å². The third-order valence-corrected chi connectivity index (χ3v) is 2.95. The molecule has 3 aromatic rings. The maximum absolute atomic E-state index is 10.6. The highest BCUT2D eigenvalue weighted by Crippen LogP contribution is 2.18. The lowest BCUT2D eigenvalue weighted by molar-refractivity contribution is -0.384. The molecular formula is C14H11N5O3. The largest absolute Gasteiger partial charge is 0.486 e. The third-order valence-electron chi connectivity index (χ3n) is 2.95. The normalized spacial score (nSPS) is 10.4.